The van der Waals surface area contributed by atoms with E-state index in [9.17, 15) is 4.79 Å². The average Bonchev–Trinajstić information content (AvgIpc) is 2.60. The van der Waals surface area contributed by atoms with Crippen molar-refractivity contribution in [2.24, 2.45) is 5.92 Å². The Labute approximate surface area is 162 Å². The Kier molecular flexibility index (Phi) is 5.55. The summed E-state index contributed by atoms with van der Waals surface area (Å²) >= 11 is 6.54. The van der Waals surface area contributed by atoms with Crippen LogP contribution in [-0.2, 0) is 0 Å². The predicted molar refractivity (Wildman–Crippen MR) is 110 cm³/mol. The fourth-order valence-corrected chi connectivity index (χ4v) is 4.13. The number of nitrogens with zero attached hydrogens (tertiary/aromatic N) is 1. The molecule has 0 aromatic heterocycles. The summed E-state index contributed by atoms with van der Waals surface area (Å²) in [7, 11) is 0. The molecule has 3 heteroatoms. The number of aryl methyl sites for hydroxylation is 1. The van der Waals surface area contributed by atoms with Crippen molar-refractivity contribution in [1.82, 2.24) is 4.90 Å². The van der Waals surface area contributed by atoms with Gasteiger partial charge in [-0.2, -0.15) is 0 Å². The highest BCUT2D eigenvalue weighted by Crippen LogP contribution is 2.35. The molecule has 2 nitrogen and oxygen atoms in total. The molecule has 3 rings (SSSR count). The maximum atomic E-state index is 13.4. The summed E-state index contributed by atoms with van der Waals surface area (Å²) in [5.41, 5.74) is 3.89. The first-order chi connectivity index (χ1) is 12.3. The zero-order valence-electron chi connectivity index (χ0n) is 16.2. The van der Waals surface area contributed by atoms with Crippen LogP contribution in [0.3, 0.4) is 0 Å². The van der Waals surface area contributed by atoms with E-state index in [1.54, 1.807) is 0 Å². The third-order valence-corrected chi connectivity index (χ3v) is 5.64. The van der Waals surface area contributed by atoms with Gasteiger partial charge in [-0.1, -0.05) is 53.6 Å². The van der Waals surface area contributed by atoms with E-state index < -0.39 is 0 Å². The molecule has 0 aliphatic carbocycles. The highest BCUT2D eigenvalue weighted by molar-refractivity contribution is 6.34. The second-order valence-corrected chi connectivity index (χ2v) is 8.76. The Balaban J connectivity index is 1.97. The molecule has 1 fully saturated rings. The van der Waals surface area contributed by atoms with Gasteiger partial charge in [0.05, 0.1) is 0 Å². The van der Waals surface area contributed by atoms with Crippen LogP contribution in [0.2, 0.25) is 5.02 Å². The minimum atomic E-state index is 0.0324. The minimum absolute atomic E-state index is 0.0324. The van der Waals surface area contributed by atoms with Crippen molar-refractivity contribution in [2.75, 3.05) is 13.1 Å². The largest absolute Gasteiger partial charge is 0.298 e. The maximum absolute atomic E-state index is 13.4. The normalized spacial score (nSPS) is 18.7. The van der Waals surface area contributed by atoms with Crippen LogP contribution in [0.5, 0.6) is 0 Å². The SMILES string of the molecule is Cc1cccc(-c2c(Cl)cccc2C(=O)[C@@H]2CCCN(C(C)(C)C)C2)c1. The zero-order chi connectivity index (χ0) is 18.9. The summed E-state index contributed by atoms with van der Waals surface area (Å²) in [6.07, 6.45) is 2.01. The molecule has 0 bridgehead atoms. The van der Waals surface area contributed by atoms with Gasteiger partial charge >= 0.3 is 0 Å². The van der Waals surface area contributed by atoms with E-state index >= 15 is 0 Å². The van der Waals surface area contributed by atoms with Crippen LogP contribution < -0.4 is 0 Å². The molecule has 138 valence electrons. The smallest absolute Gasteiger partial charge is 0.167 e. The number of hydrogen-bond donors (Lipinski definition) is 0. The zero-order valence-corrected chi connectivity index (χ0v) is 16.9. The third kappa shape index (κ3) is 4.02. The molecule has 1 aliphatic heterocycles. The van der Waals surface area contributed by atoms with Gasteiger partial charge < -0.3 is 0 Å². The van der Waals surface area contributed by atoms with Crippen molar-refractivity contribution in [3.63, 3.8) is 0 Å². The van der Waals surface area contributed by atoms with E-state index in [1.807, 2.05) is 30.3 Å². The van der Waals surface area contributed by atoms with Crippen LogP contribution in [0.15, 0.2) is 42.5 Å². The molecule has 2 aromatic rings. The molecule has 0 radical (unpaired) electrons. The van der Waals surface area contributed by atoms with Crippen LogP contribution >= 0.6 is 11.6 Å². The number of carbonyl (C=O) groups is 1. The second-order valence-electron chi connectivity index (χ2n) is 8.35. The van der Waals surface area contributed by atoms with Gasteiger partial charge in [-0.25, -0.2) is 0 Å². The molecule has 1 atom stereocenters. The lowest BCUT2D eigenvalue weighted by Gasteiger charge is -2.41. The Morgan fingerprint density at radius 1 is 1.15 bits per heavy atom. The molecule has 1 aliphatic rings. The third-order valence-electron chi connectivity index (χ3n) is 5.33. The summed E-state index contributed by atoms with van der Waals surface area (Å²) in [6.45, 7) is 10.6. The van der Waals surface area contributed by atoms with E-state index in [1.165, 1.54) is 0 Å². The quantitative estimate of drug-likeness (QED) is 0.617. The Hall–Kier alpha value is -1.64. The van der Waals surface area contributed by atoms with E-state index in [0.29, 0.717) is 5.02 Å². The highest BCUT2D eigenvalue weighted by Gasteiger charge is 2.32. The van der Waals surface area contributed by atoms with Crippen LogP contribution in [-0.4, -0.2) is 29.3 Å². The Morgan fingerprint density at radius 2 is 1.88 bits per heavy atom. The second kappa shape index (κ2) is 7.54. The fourth-order valence-electron chi connectivity index (χ4n) is 3.84. The maximum Gasteiger partial charge on any atom is 0.167 e. The monoisotopic (exact) mass is 369 g/mol. The first-order valence-electron chi connectivity index (χ1n) is 9.42. The number of piperidine rings is 1. The lowest BCUT2D eigenvalue weighted by Crippen LogP contribution is -2.48. The first-order valence-corrected chi connectivity index (χ1v) is 9.80. The molecular formula is C23H28ClNO. The van der Waals surface area contributed by atoms with E-state index in [-0.39, 0.29) is 17.2 Å². The average molecular weight is 370 g/mol. The summed E-state index contributed by atoms with van der Waals surface area (Å²) < 4.78 is 0. The number of ketones is 1. The number of carbonyl (C=O) groups excluding carboxylic acids is 1. The first kappa shape index (κ1) is 19.1. The topological polar surface area (TPSA) is 20.3 Å². The number of halogens is 1. The van der Waals surface area contributed by atoms with Crippen LogP contribution in [0.1, 0.15) is 49.5 Å². The molecule has 1 saturated heterocycles. The minimum Gasteiger partial charge on any atom is -0.298 e. The van der Waals surface area contributed by atoms with Gasteiger partial charge in [0.1, 0.15) is 0 Å². The summed E-state index contributed by atoms with van der Waals surface area (Å²) in [5, 5.41) is 0.643. The highest BCUT2D eigenvalue weighted by atomic mass is 35.5. The Bertz CT molecular complexity index is 806. The molecule has 0 unspecified atom stereocenters. The van der Waals surface area contributed by atoms with Gasteiger partial charge in [0.2, 0.25) is 0 Å². The lowest BCUT2D eigenvalue weighted by molar-refractivity contribution is 0.0617. The fraction of sp³-hybridized carbons (Fsp3) is 0.435. The molecule has 0 spiro atoms. The molecule has 2 aromatic carbocycles. The molecule has 26 heavy (non-hydrogen) atoms. The van der Waals surface area contributed by atoms with E-state index in [4.69, 9.17) is 11.6 Å². The van der Waals surface area contributed by atoms with Crippen molar-refractivity contribution in [1.29, 1.82) is 0 Å². The number of rotatable bonds is 3. The van der Waals surface area contributed by atoms with Gasteiger partial charge in [0, 0.05) is 34.2 Å². The van der Waals surface area contributed by atoms with Crippen LogP contribution in [0.4, 0.5) is 0 Å². The standard InChI is InChI=1S/C23H28ClNO/c1-16-8-5-9-17(14-16)21-19(11-6-12-20(21)24)22(26)18-10-7-13-25(15-18)23(2,3)4/h5-6,8-9,11-12,14,18H,7,10,13,15H2,1-4H3/t18-/m1/s1. The molecule has 1 heterocycles. The number of hydrogen-bond acceptors (Lipinski definition) is 2. The summed E-state index contributed by atoms with van der Waals surface area (Å²) in [6, 6.07) is 13.9. The van der Waals surface area contributed by atoms with Crippen molar-refractivity contribution < 1.29 is 4.79 Å². The van der Waals surface area contributed by atoms with Gasteiger partial charge in [-0.3, -0.25) is 9.69 Å². The van der Waals surface area contributed by atoms with Crippen molar-refractivity contribution in [3.8, 4) is 11.1 Å². The van der Waals surface area contributed by atoms with Gasteiger partial charge in [-0.05, 0) is 58.7 Å². The lowest BCUT2D eigenvalue weighted by atomic mass is 9.85. The van der Waals surface area contributed by atoms with E-state index in [0.717, 1.165) is 48.2 Å². The van der Waals surface area contributed by atoms with Crippen molar-refractivity contribution in [2.45, 2.75) is 46.1 Å². The predicted octanol–water partition coefficient (Wildman–Crippen LogP) is 6.01. The number of benzene rings is 2. The molecular weight excluding hydrogens is 342 g/mol. The Morgan fingerprint density at radius 3 is 2.58 bits per heavy atom. The number of Topliss-reactive ketones (excluding diaryl/α,β-unsaturated/α-hetero) is 1. The van der Waals surface area contributed by atoms with Crippen molar-refractivity contribution >= 4 is 17.4 Å². The van der Waals surface area contributed by atoms with Crippen molar-refractivity contribution in [3.05, 3.63) is 58.6 Å². The van der Waals surface area contributed by atoms with Crippen LogP contribution in [0, 0.1) is 12.8 Å². The van der Waals surface area contributed by atoms with Gasteiger partial charge in [-0.15, -0.1) is 0 Å². The van der Waals surface area contributed by atoms with Gasteiger partial charge in [0.25, 0.3) is 0 Å². The van der Waals surface area contributed by atoms with Gasteiger partial charge in [0.15, 0.2) is 5.78 Å². The molecule has 0 saturated carbocycles. The summed E-state index contributed by atoms with van der Waals surface area (Å²) in [5.74, 6) is 0.253. The number of likely N-dealkylation sites (tertiary alicyclic amines) is 1. The molecule has 0 amide bonds. The van der Waals surface area contributed by atoms with Crippen LogP contribution in [0.25, 0.3) is 11.1 Å². The van der Waals surface area contributed by atoms with E-state index in [2.05, 4.69) is 44.7 Å². The summed E-state index contributed by atoms with van der Waals surface area (Å²) in [4.78, 5) is 15.8. The molecule has 0 N–H and O–H groups in total.